The SMILES string of the molecule is CSc1sc(C#N)c(C)c1/C(C)=N/N. The molecule has 0 fully saturated rings. The van der Waals surface area contributed by atoms with Crippen molar-refractivity contribution in [2.45, 2.75) is 18.1 Å². The second-order valence-electron chi connectivity index (χ2n) is 2.75. The second kappa shape index (κ2) is 4.49. The molecular weight excluding hydrogens is 214 g/mol. The molecule has 0 saturated carbocycles. The molecule has 1 heterocycles. The first kappa shape index (κ1) is 11.1. The summed E-state index contributed by atoms with van der Waals surface area (Å²) < 4.78 is 1.10. The molecule has 0 unspecified atom stereocenters. The normalized spacial score (nSPS) is 11.4. The number of nitriles is 1. The van der Waals surface area contributed by atoms with Crippen LogP contribution in [0.25, 0.3) is 0 Å². The van der Waals surface area contributed by atoms with E-state index < -0.39 is 0 Å². The molecule has 5 heteroatoms. The third kappa shape index (κ3) is 1.76. The van der Waals surface area contributed by atoms with Gasteiger partial charge in [-0.15, -0.1) is 23.1 Å². The molecule has 0 aliphatic heterocycles. The van der Waals surface area contributed by atoms with E-state index in [4.69, 9.17) is 11.1 Å². The lowest BCUT2D eigenvalue weighted by molar-refractivity contribution is 1.23. The number of hydrogen-bond acceptors (Lipinski definition) is 5. The fourth-order valence-corrected chi connectivity index (χ4v) is 3.20. The average molecular weight is 225 g/mol. The van der Waals surface area contributed by atoms with Gasteiger partial charge in [0.1, 0.15) is 10.9 Å². The van der Waals surface area contributed by atoms with Gasteiger partial charge in [0.05, 0.1) is 9.92 Å². The van der Waals surface area contributed by atoms with Gasteiger partial charge in [-0.2, -0.15) is 10.4 Å². The summed E-state index contributed by atoms with van der Waals surface area (Å²) in [6.07, 6.45) is 1.99. The van der Waals surface area contributed by atoms with Crippen LogP contribution in [0.5, 0.6) is 0 Å². The largest absolute Gasteiger partial charge is 0.323 e. The highest BCUT2D eigenvalue weighted by atomic mass is 32.2. The van der Waals surface area contributed by atoms with Gasteiger partial charge in [-0.1, -0.05) is 0 Å². The Labute approximate surface area is 91.6 Å². The van der Waals surface area contributed by atoms with E-state index in [2.05, 4.69) is 11.2 Å². The van der Waals surface area contributed by atoms with Crippen molar-refractivity contribution in [3.05, 3.63) is 16.0 Å². The van der Waals surface area contributed by atoms with Crippen LogP contribution < -0.4 is 5.84 Å². The van der Waals surface area contributed by atoms with Crippen LogP contribution in [0.15, 0.2) is 9.31 Å². The molecule has 1 aromatic rings. The Morgan fingerprint density at radius 2 is 2.29 bits per heavy atom. The number of hydrogen-bond donors (Lipinski definition) is 1. The monoisotopic (exact) mass is 225 g/mol. The predicted molar refractivity (Wildman–Crippen MR) is 62.0 cm³/mol. The first-order valence-corrected chi connectivity index (χ1v) is 6.02. The summed E-state index contributed by atoms with van der Waals surface area (Å²) in [6.45, 7) is 3.79. The Kier molecular flexibility index (Phi) is 3.55. The lowest BCUT2D eigenvalue weighted by Gasteiger charge is -2.00. The zero-order valence-corrected chi connectivity index (χ0v) is 9.92. The van der Waals surface area contributed by atoms with E-state index in [0.717, 1.165) is 25.9 Å². The summed E-state index contributed by atoms with van der Waals surface area (Å²) in [7, 11) is 0. The Bertz CT molecular complexity index is 412. The molecule has 0 aliphatic carbocycles. The Morgan fingerprint density at radius 1 is 1.64 bits per heavy atom. The van der Waals surface area contributed by atoms with Crippen molar-refractivity contribution in [2.75, 3.05) is 6.26 Å². The standard InChI is InChI=1S/C9H11N3S2/c1-5-7(4-10)14-9(13-3)8(5)6(2)12-11/h11H2,1-3H3/b12-6+. The Morgan fingerprint density at radius 3 is 2.71 bits per heavy atom. The van der Waals surface area contributed by atoms with Crippen molar-refractivity contribution in [3.63, 3.8) is 0 Å². The number of thiophene rings is 1. The molecule has 1 rings (SSSR count). The third-order valence-corrected chi connectivity index (χ3v) is 4.27. The molecule has 2 N–H and O–H groups in total. The van der Waals surface area contributed by atoms with Gasteiger partial charge in [0.25, 0.3) is 0 Å². The minimum atomic E-state index is 0.743. The fraction of sp³-hybridized carbons (Fsp3) is 0.333. The highest BCUT2D eigenvalue weighted by Crippen LogP contribution is 2.34. The second-order valence-corrected chi connectivity index (χ2v) is 4.84. The minimum Gasteiger partial charge on any atom is -0.323 e. The maximum absolute atomic E-state index is 8.89. The highest BCUT2D eigenvalue weighted by Gasteiger charge is 2.16. The minimum absolute atomic E-state index is 0.743. The van der Waals surface area contributed by atoms with Crippen molar-refractivity contribution in [2.24, 2.45) is 10.9 Å². The number of thioether (sulfide) groups is 1. The van der Waals surface area contributed by atoms with Gasteiger partial charge in [0.2, 0.25) is 0 Å². The van der Waals surface area contributed by atoms with E-state index >= 15 is 0 Å². The van der Waals surface area contributed by atoms with Crippen LogP contribution in [0.1, 0.15) is 22.9 Å². The maximum Gasteiger partial charge on any atom is 0.110 e. The molecule has 0 amide bonds. The number of hydrazone groups is 1. The summed E-state index contributed by atoms with van der Waals surface area (Å²) in [5.74, 6) is 5.25. The predicted octanol–water partition coefficient (Wildman–Crippen LogP) is 2.33. The van der Waals surface area contributed by atoms with Crippen molar-refractivity contribution in [1.82, 2.24) is 0 Å². The summed E-state index contributed by atoms with van der Waals surface area (Å²) in [6, 6.07) is 2.18. The molecule has 0 bridgehead atoms. The molecule has 1 aromatic heterocycles. The third-order valence-electron chi connectivity index (χ3n) is 1.96. The lowest BCUT2D eigenvalue weighted by atomic mass is 10.1. The zero-order valence-electron chi connectivity index (χ0n) is 8.29. The summed E-state index contributed by atoms with van der Waals surface area (Å²) >= 11 is 3.12. The van der Waals surface area contributed by atoms with Crippen molar-refractivity contribution in [3.8, 4) is 6.07 Å². The number of nitrogens with zero attached hydrogens (tertiary/aromatic N) is 2. The first-order chi connectivity index (χ1) is 6.65. The van der Waals surface area contributed by atoms with Crippen molar-refractivity contribution in [1.29, 1.82) is 5.26 Å². The average Bonchev–Trinajstić information content (AvgIpc) is 2.53. The van der Waals surface area contributed by atoms with Gasteiger partial charge in [-0.3, -0.25) is 0 Å². The van der Waals surface area contributed by atoms with Crippen LogP contribution in [-0.4, -0.2) is 12.0 Å². The molecule has 0 radical (unpaired) electrons. The summed E-state index contributed by atoms with van der Waals surface area (Å²) in [5, 5.41) is 12.6. The molecular formula is C9H11N3S2. The smallest absolute Gasteiger partial charge is 0.110 e. The molecule has 0 spiro atoms. The molecule has 0 aliphatic rings. The van der Waals surface area contributed by atoms with Gasteiger partial charge in [0.15, 0.2) is 0 Å². The van der Waals surface area contributed by atoms with Crippen molar-refractivity contribution >= 4 is 28.8 Å². The van der Waals surface area contributed by atoms with Crippen LogP contribution in [-0.2, 0) is 0 Å². The Balaban J connectivity index is 3.41. The maximum atomic E-state index is 8.89. The van der Waals surface area contributed by atoms with E-state index in [1.54, 1.807) is 11.8 Å². The van der Waals surface area contributed by atoms with E-state index in [0.29, 0.717) is 0 Å². The molecule has 3 nitrogen and oxygen atoms in total. The van der Waals surface area contributed by atoms with Gasteiger partial charge in [-0.05, 0) is 25.7 Å². The number of nitrogens with two attached hydrogens (primary N) is 1. The molecule has 14 heavy (non-hydrogen) atoms. The van der Waals surface area contributed by atoms with E-state index in [-0.39, 0.29) is 0 Å². The molecule has 0 atom stereocenters. The number of rotatable bonds is 2. The summed E-state index contributed by atoms with van der Waals surface area (Å²) in [4.78, 5) is 0.743. The van der Waals surface area contributed by atoms with Crippen LogP contribution in [0.2, 0.25) is 0 Å². The van der Waals surface area contributed by atoms with Crippen LogP contribution in [0.4, 0.5) is 0 Å². The lowest BCUT2D eigenvalue weighted by Crippen LogP contribution is -2.00. The van der Waals surface area contributed by atoms with E-state index in [1.165, 1.54) is 11.3 Å². The molecule has 0 saturated heterocycles. The first-order valence-electron chi connectivity index (χ1n) is 3.98. The van der Waals surface area contributed by atoms with Gasteiger partial charge in [0, 0.05) is 5.56 Å². The van der Waals surface area contributed by atoms with E-state index in [1.807, 2.05) is 20.1 Å². The topological polar surface area (TPSA) is 62.2 Å². The van der Waals surface area contributed by atoms with Crippen LogP contribution in [0, 0.1) is 18.3 Å². The zero-order chi connectivity index (χ0) is 10.7. The summed E-state index contributed by atoms with van der Waals surface area (Å²) in [5.41, 5.74) is 2.78. The van der Waals surface area contributed by atoms with Gasteiger partial charge >= 0.3 is 0 Å². The quantitative estimate of drug-likeness (QED) is 0.364. The van der Waals surface area contributed by atoms with Crippen LogP contribution in [0.3, 0.4) is 0 Å². The van der Waals surface area contributed by atoms with E-state index in [9.17, 15) is 0 Å². The highest BCUT2D eigenvalue weighted by molar-refractivity contribution is 8.00. The van der Waals surface area contributed by atoms with Gasteiger partial charge < -0.3 is 5.84 Å². The van der Waals surface area contributed by atoms with Crippen molar-refractivity contribution < 1.29 is 0 Å². The Hall–Kier alpha value is -0.990. The van der Waals surface area contributed by atoms with Crippen LogP contribution >= 0.6 is 23.1 Å². The molecule has 0 aromatic carbocycles. The molecule has 74 valence electrons. The fourth-order valence-electron chi connectivity index (χ4n) is 1.22. The van der Waals surface area contributed by atoms with Gasteiger partial charge in [-0.25, -0.2) is 0 Å².